The van der Waals surface area contributed by atoms with Crippen molar-refractivity contribution in [1.29, 1.82) is 0 Å². The minimum absolute atomic E-state index is 0.160. The number of rotatable bonds is 0. The number of aromatic nitrogens is 4. The zero-order valence-electron chi connectivity index (χ0n) is 5.64. The van der Waals surface area contributed by atoms with Crippen LogP contribution < -0.4 is 5.56 Å². The topological polar surface area (TPSA) is 77.3 Å². The van der Waals surface area contributed by atoms with Crippen LogP contribution in [0.1, 0.15) is 0 Å². The molecule has 2 aromatic rings. The van der Waals surface area contributed by atoms with Gasteiger partial charge in [0.25, 0.3) is 5.56 Å². The Balaban J connectivity index is 3.08. The zero-order chi connectivity index (χ0) is 8.72. The third kappa shape index (κ3) is 1.05. The Morgan fingerprint density at radius 2 is 2.08 bits per heavy atom. The lowest BCUT2D eigenvalue weighted by atomic mass is 10.6. The molecule has 3 N–H and O–H groups in total. The number of hydrogen-bond acceptors (Lipinski definition) is 3. The van der Waals surface area contributed by atoms with E-state index in [0.29, 0.717) is 11.2 Å². The number of halogens is 1. The number of aromatic amines is 3. The molecule has 0 amide bonds. The molecule has 0 saturated heterocycles. The number of H-pyrrole nitrogens is 3. The molecule has 62 valence electrons. The highest BCUT2D eigenvalue weighted by atomic mass is 35.5. The molecule has 0 aliphatic rings. The predicted molar refractivity (Wildman–Crippen MR) is 46.9 cm³/mol. The molecule has 0 unspecified atom stereocenters. The van der Waals surface area contributed by atoms with E-state index >= 15 is 0 Å². The molecule has 7 heteroatoms. The van der Waals surface area contributed by atoms with Crippen LogP contribution in [-0.2, 0) is 0 Å². The van der Waals surface area contributed by atoms with Crippen molar-refractivity contribution in [2.45, 2.75) is 0 Å². The van der Waals surface area contributed by atoms with Gasteiger partial charge in [-0.25, -0.2) is 0 Å². The first-order chi connectivity index (χ1) is 5.66. The van der Waals surface area contributed by atoms with Crippen LogP contribution in [0.5, 0.6) is 0 Å². The molecule has 0 saturated carbocycles. The van der Waals surface area contributed by atoms with Crippen LogP contribution in [0.3, 0.4) is 0 Å². The summed E-state index contributed by atoms with van der Waals surface area (Å²) in [5.41, 5.74) is 0.343. The summed E-state index contributed by atoms with van der Waals surface area (Å²) >= 11 is 10.3. The van der Waals surface area contributed by atoms with Gasteiger partial charge in [-0.2, -0.15) is 4.98 Å². The van der Waals surface area contributed by atoms with Gasteiger partial charge < -0.3 is 9.97 Å². The average Bonchev–Trinajstić information content (AvgIpc) is 2.29. The number of fused-ring (bicyclic) bond motifs is 1. The molecule has 0 aromatic carbocycles. The molecular formula is C5H3ClN4OS. The van der Waals surface area contributed by atoms with Crippen LogP contribution in [0.2, 0.25) is 5.28 Å². The van der Waals surface area contributed by atoms with Crippen LogP contribution in [0.15, 0.2) is 4.79 Å². The van der Waals surface area contributed by atoms with E-state index in [1.165, 1.54) is 0 Å². The minimum Gasteiger partial charge on any atom is -0.323 e. The van der Waals surface area contributed by atoms with Gasteiger partial charge in [0, 0.05) is 0 Å². The number of nitrogens with one attached hydrogen (secondary N) is 3. The van der Waals surface area contributed by atoms with Crippen molar-refractivity contribution in [3.05, 3.63) is 20.4 Å². The summed E-state index contributed by atoms with van der Waals surface area (Å²) in [5, 5.41) is 0.160. The van der Waals surface area contributed by atoms with E-state index in [0.717, 1.165) is 0 Å². The Hall–Kier alpha value is -1.14. The maximum absolute atomic E-state index is 11.1. The van der Waals surface area contributed by atoms with Crippen molar-refractivity contribution in [1.82, 2.24) is 19.9 Å². The van der Waals surface area contributed by atoms with Crippen LogP contribution in [0, 0.1) is 4.77 Å². The lowest BCUT2D eigenvalue weighted by Gasteiger charge is -1.85. The molecule has 0 bridgehead atoms. The van der Waals surface area contributed by atoms with Crippen molar-refractivity contribution in [2.24, 2.45) is 0 Å². The zero-order valence-corrected chi connectivity index (χ0v) is 7.21. The van der Waals surface area contributed by atoms with Gasteiger partial charge in [0.15, 0.2) is 15.9 Å². The fourth-order valence-corrected chi connectivity index (χ4v) is 1.27. The fourth-order valence-electron chi connectivity index (χ4n) is 0.904. The van der Waals surface area contributed by atoms with E-state index in [-0.39, 0.29) is 15.6 Å². The summed E-state index contributed by atoms with van der Waals surface area (Å²) in [6.07, 6.45) is 0. The lowest BCUT2D eigenvalue weighted by molar-refractivity contribution is 1.12. The molecule has 0 spiro atoms. The van der Waals surface area contributed by atoms with Crippen molar-refractivity contribution >= 4 is 35.0 Å². The summed E-state index contributed by atoms with van der Waals surface area (Å²) in [5.74, 6) is 0. The smallest absolute Gasteiger partial charge is 0.277 e. The van der Waals surface area contributed by atoms with E-state index in [9.17, 15) is 4.79 Å². The van der Waals surface area contributed by atoms with Gasteiger partial charge in [-0.05, 0) is 23.8 Å². The van der Waals surface area contributed by atoms with Gasteiger partial charge in [0.2, 0.25) is 5.28 Å². The normalized spacial score (nSPS) is 10.8. The van der Waals surface area contributed by atoms with Crippen molar-refractivity contribution in [2.75, 3.05) is 0 Å². The number of nitrogens with zero attached hydrogens (tertiary/aromatic N) is 1. The molecule has 0 radical (unpaired) electrons. The van der Waals surface area contributed by atoms with E-state index in [2.05, 4.69) is 19.9 Å². The van der Waals surface area contributed by atoms with Gasteiger partial charge >= 0.3 is 0 Å². The Morgan fingerprint density at radius 1 is 1.33 bits per heavy atom. The predicted octanol–water partition coefficient (Wildman–Crippen LogP) is 0.962. The van der Waals surface area contributed by atoms with Gasteiger partial charge in [-0.3, -0.25) is 9.78 Å². The van der Waals surface area contributed by atoms with Crippen LogP contribution >= 0.6 is 23.8 Å². The third-order valence-electron chi connectivity index (χ3n) is 1.36. The largest absolute Gasteiger partial charge is 0.323 e. The van der Waals surface area contributed by atoms with Crippen molar-refractivity contribution in [3.63, 3.8) is 0 Å². The van der Waals surface area contributed by atoms with Gasteiger partial charge in [0.1, 0.15) is 0 Å². The molecule has 0 atom stereocenters. The molecular weight excluding hydrogens is 200 g/mol. The first kappa shape index (κ1) is 7.51. The Labute approximate surface area is 75.8 Å². The Bertz CT molecular complexity index is 538. The molecule has 0 aliphatic carbocycles. The lowest BCUT2D eigenvalue weighted by Crippen LogP contribution is -2.07. The SMILES string of the molecule is O=c1[nH]c(=S)[nH]c2nc(Cl)[nH]c12. The molecule has 0 fully saturated rings. The van der Waals surface area contributed by atoms with E-state index in [1.54, 1.807) is 0 Å². The van der Waals surface area contributed by atoms with Crippen molar-refractivity contribution in [3.8, 4) is 0 Å². The maximum Gasteiger partial charge on any atom is 0.277 e. The molecule has 2 aromatic heterocycles. The molecule has 5 nitrogen and oxygen atoms in total. The Kier molecular flexibility index (Phi) is 1.52. The van der Waals surface area contributed by atoms with Gasteiger partial charge in [-0.1, -0.05) is 0 Å². The monoisotopic (exact) mass is 202 g/mol. The fraction of sp³-hybridized carbons (Fsp3) is 0. The van der Waals surface area contributed by atoms with E-state index in [4.69, 9.17) is 23.8 Å². The second-order valence-electron chi connectivity index (χ2n) is 2.16. The minimum atomic E-state index is -0.326. The van der Waals surface area contributed by atoms with Crippen LogP contribution in [-0.4, -0.2) is 19.9 Å². The second-order valence-corrected chi connectivity index (χ2v) is 2.93. The van der Waals surface area contributed by atoms with E-state index in [1.807, 2.05) is 0 Å². The second kappa shape index (κ2) is 2.43. The summed E-state index contributed by atoms with van der Waals surface area (Å²) in [6, 6.07) is 0. The average molecular weight is 203 g/mol. The molecule has 12 heavy (non-hydrogen) atoms. The first-order valence-corrected chi connectivity index (χ1v) is 3.83. The third-order valence-corrected chi connectivity index (χ3v) is 1.74. The summed E-state index contributed by atoms with van der Waals surface area (Å²) in [6.45, 7) is 0. The Morgan fingerprint density at radius 3 is 2.83 bits per heavy atom. The quantitative estimate of drug-likeness (QED) is 0.440. The molecule has 2 rings (SSSR count). The number of imidazole rings is 1. The highest BCUT2D eigenvalue weighted by Gasteiger charge is 2.03. The summed E-state index contributed by atoms with van der Waals surface area (Å²) in [4.78, 5) is 22.6. The summed E-state index contributed by atoms with van der Waals surface area (Å²) < 4.78 is 0.232. The van der Waals surface area contributed by atoms with Gasteiger partial charge in [0.05, 0.1) is 0 Å². The van der Waals surface area contributed by atoms with E-state index < -0.39 is 0 Å². The standard InChI is InChI=1S/C5H3ClN4OS/c6-4-7-1-2(8-4)9-5(12)10-3(1)11/h(H3,7,8,9,10,11,12). The van der Waals surface area contributed by atoms with Gasteiger partial charge in [-0.15, -0.1) is 0 Å². The van der Waals surface area contributed by atoms with Crippen LogP contribution in [0.25, 0.3) is 11.2 Å². The highest BCUT2D eigenvalue weighted by Crippen LogP contribution is 2.06. The maximum atomic E-state index is 11.1. The highest BCUT2D eigenvalue weighted by molar-refractivity contribution is 7.71. The van der Waals surface area contributed by atoms with Crippen LogP contribution in [0.4, 0.5) is 0 Å². The first-order valence-electron chi connectivity index (χ1n) is 3.04. The number of hydrogen-bond donors (Lipinski definition) is 3. The molecule has 2 heterocycles. The van der Waals surface area contributed by atoms with Crippen molar-refractivity contribution < 1.29 is 0 Å². The summed E-state index contributed by atoms with van der Waals surface area (Å²) in [7, 11) is 0. The molecule has 0 aliphatic heterocycles.